The fraction of sp³-hybridized carbons (Fsp3) is 1.00. The molecule has 2 unspecified atom stereocenters. The maximum absolute atomic E-state index is 2.87. The van der Waals surface area contributed by atoms with Crippen LogP contribution in [0.3, 0.4) is 0 Å². The molecule has 56 valence electrons. The van der Waals surface area contributed by atoms with Gasteiger partial charge >= 0.3 is 0 Å². The molecule has 2 atom stereocenters. The minimum Gasteiger partial charge on any atom is -0.127 e. The van der Waals surface area contributed by atoms with E-state index in [4.69, 9.17) is 0 Å². The Labute approximate surface area is 63.6 Å². The van der Waals surface area contributed by atoms with Crippen molar-refractivity contribution < 1.29 is 0 Å². The standard InChI is InChI=1S/C7H18P2/c1-5-6(2,3)7(4,8)9/h5,8-9H2,1-4H3. The molecule has 0 spiro atoms. The van der Waals surface area contributed by atoms with Gasteiger partial charge in [0.1, 0.15) is 0 Å². The molecule has 0 aliphatic carbocycles. The molecule has 0 aliphatic rings. The molecular weight excluding hydrogens is 146 g/mol. The number of hydrogen-bond donors (Lipinski definition) is 0. The predicted molar refractivity (Wildman–Crippen MR) is 51.9 cm³/mol. The van der Waals surface area contributed by atoms with Crippen LogP contribution in [0.2, 0.25) is 0 Å². The van der Waals surface area contributed by atoms with Crippen molar-refractivity contribution in [1.82, 2.24) is 0 Å². The Kier molecular flexibility index (Phi) is 3.12. The Morgan fingerprint density at radius 3 is 1.44 bits per heavy atom. The van der Waals surface area contributed by atoms with E-state index >= 15 is 0 Å². The van der Waals surface area contributed by atoms with Gasteiger partial charge in [0.15, 0.2) is 0 Å². The lowest BCUT2D eigenvalue weighted by atomic mass is 9.86. The third kappa shape index (κ3) is 2.52. The van der Waals surface area contributed by atoms with Gasteiger partial charge in [-0.2, -0.15) is 0 Å². The lowest BCUT2D eigenvalue weighted by Crippen LogP contribution is -2.28. The van der Waals surface area contributed by atoms with E-state index in [0.29, 0.717) is 5.41 Å². The molecule has 0 rings (SSSR count). The molecule has 0 heterocycles. The third-order valence-electron chi connectivity index (χ3n) is 2.34. The molecule has 0 radical (unpaired) electrons. The molecule has 0 amide bonds. The van der Waals surface area contributed by atoms with E-state index < -0.39 is 0 Å². The van der Waals surface area contributed by atoms with Crippen molar-refractivity contribution in [2.75, 3.05) is 0 Å². The molecule has 0 aromatic heterocycles. The normalized spacial score (nSPS) is 14.0. The molecule has 0 saturated heterocycles. The summed E-state index contributed by atoms with van der Waals surface area (Å²) in [6.07, 6.45) is 1.22. The first kappa shape index (κ1) is 9.86. The summed E-state index contributed by atoms with van der Waals surface area (Å²) >= 11 is 0. The minimum atomic E-state index is 0.280. The average molecular weight is 164 g/mol. The SMILES string of the molecule is CCC(C)(C)C(C)(P)P. The van der Waals surface area contributed by atoms with Gasteiger partial charge in [0.2, 0.25) is 0 Å². The maximum atomic E-state index is 2.87. The first-order chi connectivity index (χ1) is 3.81. The first-order valence-electron chi connectivity index (χ1n) is 3.39. The second-order valence-corrected chi connectivity index (χ2v) is 6.59. The summed E-state index contributed by atoms with van der Waals surface area (Å²) in [7, 11) is 5.74. The molecule has 2 heteroatoms. The van der Waals surface area contributed by atoms with Gasteiger partial charge in [-0.3, -0.25) is 0 Å². The summed E-state index contributed by atoms with van der Waals surface area (Å²) in [6.45, 7) is 9.03. The Balaban J connectivity index is 4.14. The van der Waals surface area contributed by atoms with E-state index in [2.05, 4.69) is 46.2 Å². The van der Waals surface area contributed by atoms with Gasteiger partial charge < -0.3 is 0 Å². The highest BCUT2D eigenvalue weighted by atomic mass is 31.1. The van der Waals surface area contributed by atoms with E-state index in [-0.39, 0.29) is 4.90 Å². The first-order valence-corrected chi connectivity index (χ1v) is 4.54. The van der Waals surface area contributed by atoms with Crippen LogP contribution in [0.5, 0.6) is 0 Å². The third-order valence-corrected chi connectivity index (χ3v) is 3.91. The van der Waals surface area contributed by atoms with Crippen LogP contribution < -0.4 is 0 Å². The molecule has 0 N–H and O–H groups in total. The smallest absolute Gasteiger partial charge is 0.00154 e. The largest absolute Gasteiger partial charge is 0.127 e. The molecule has 0 fully saturated rings. The summed E-state index contributed by atoms with van der Waals surface area (Å²) in [5.74, 6) is 0. The summed E-state index contributed by atoms with van der Waals surface area (Å²) in [5.41, 5.74) is 0.405. The lowest BCUT2D eigenvalue weighted by Gasteiger charge is -2.37. The van der Waals surface area contributed by atoms with E-state index in [1.807, 2.05) is 0 Å². The number of hydrogen-bond acceptors (Lipinski definition) is 0. The zero-order valence-electron chi connectivity index (χ0n) is 6.86. The van der Waals surface area contributed by atoms with Gasteiger partial charge in [-0.05, 0) is 11.8 Å². The summed E-state index contributed by atoms with van der Waals surface area (Å²) in [4.78, 5) is 0.280. The van der Waals surface area contributed by atoms with Gasteiger partial charge in [0.05, 0.1) is 0 Å². The highest BCUT2D eigenvalue weighted by Crippen LogP contribution is 2.45. The zero-order valence-corrected chi connectivity index (χ0v) is 9.17. The molecular formula is C7H18P2. The molecule has 0 aromatic carbocycles. The van der Waals surface area contributed by atoms with Crippen LogP contribution in [0, 0.1) is 5.41 Å². The van der Waals surface area contributed by atoms with E-state index in [1.165, 1.54) is 6.42 Å². The van der Waals surface area contributed by atoms with Crippen LogP contribution >= 0.6 is 18.5 Å². The van der Waals surface area contributed by atoms with Crippen molar-refractivity contribution in [2.24, 2.45) is 5.41 Å². The molecule has 0 saturated carbocycles. The number of rotatable bonds is 2. The molecule has 0 aromatic rings. The highest BCUT2D eigenvalue weighted by molar-refractivity contribution is 7.39. The maximum Gasteiger partial charge on any atom is 0.00154 e. The Hall–Kier alpha value is 0.860. The molecule has 0 aliphatic heterocycles. The zero-order chi connectivity index (χ0) is 7.71. The summed E-state index contributed by atoms with van der Waals surface area (Å²) in [6, 6.07) is 0. The van der Waals surface area contributed by atoms with E-state index in [0.717, 1.165) is 0 Å². The fourth-order valence-electron chi connectivity index (χ4n) is 0.381. The fourth-order valence-corrected chi connectivity index (χ4v) is 0.789. The van der Waals surface area contributed by atoms with Crippen molar-refractivity contribution in [3.8, 4) is 0 Å². The van der Waals surface area contributed by atoms with Gasteiger partial charge in [0, 0.05) is 4.90 Å². The summed E-state index contributed by atoms with van der Waals surface area (Å²) < 4.78 is 0. The van der Waals surface area contributed by atoms with Gasteiger partial charge in [-0.25, -0.2) is 0 Å². The van der Waals surface area contributed by atoms with Crippen molar-refractivity contribution in [1.29, 1.82) is 0 Å². The highest BCUT2D eigenvalue weighted by Gasteiger charge is 2.30. The van der Waals surface area contributed by atoms with Crippen molar-refractivity contribution in [2.45, 2.75) is 39.0 Å². The minimum absolute atomic E-state index is 0.280. The average Bonchev–Trinajstić information content (AvgIpc) is 1.64. The molecule has 9 heavy (non-hydrogen) atoms. The Bertz CT molecular complexity index is 89.6. The second kappa shape index (κ2) is 2.85. The van der Waals surface area contributed by atoms with Crippen LogP contribution in [0.4, 0.5) is 0 Å². The van der Waals surface area contributed by atoms with Gasteiger partial charge in [-0.15, -0.1) is 18.5 Å². The lowest BCUT2D eigenvalue weighted by molar-refractivity contribution is 0.326. The van der Waals surface area contributed by atoms with Gasteiger partial charge in [-0.1, -0.05) is 27.7 Å². The Morgan fingerprint density at radius 2 is 1.44 bits per heavy atom. The van der Waals surface area contributed by atoms with Crippen LogP contribution in [0.15, 0.2) is 0 Å². The van der Waals surface area contributed by atoms with Gasteiger partial charge in [0.25, 0.3) is 0 Å². The van der Waals surface area contributed by atoms with Crippen molar-refractivity contribution in [3.05, 3.63) is 0 Å². The van der Waals surface area contributed by atoms with Crippen LogP contribution in [-0.2, 0) is 0 Å². The van der Waals surface area contributed by atoms with E-state index in [1.54, 1.807) is 0 Å². The van der Waals surface area contributed by atoms with E-state index in [9.17, 15) is 0 Å². The predicted octanol–water partition coefficient (Wildman–Crippen LogP) is 2.89. The van der Waals surface area contributed by atoms with Crippen LogP contribution in [-0.4, -0.2) is 4.90 Å². The molecule has 0 bridgehead atoms. The monoisotopic (exact) mass is 164 g/mol. The second-order valence-electron chi connectivity index (χ2n) is 3.52. The topological polar surface area (TPSA) is 0 Å². The van der Waals surface area contributed by atoms with Crippen molar-refractivity contribution >= 4 is 18.5 Å². The Morgan fingerprint density at radius 1 is 1.11 bits per heavy atom. The quantitative estimate of drug-likeness (QED) is 0.550. The van der Waals surface area contributed by atoms with Crippen LogP contribution in [0.25, 0.3) is 0 Å². The summed E-state index contributed by atoms with van der Waals surface area (Å²) in [5, 5.41) is 0. The molecule has 0 nitrogen and oxygen atoms in total. The van der Waals surface area contributed by atoms with Crippen LogP contribution in [0.1, 0.15) is 34.1 Å². The van der Waals surface area contributed by atoms with Crippen molar-refractivity contribution in [3.63, 3.8) is 0 Å².